The first kappa shape index (κ1) is 18.6. The van der Waals surface area contributed by atoms with E-state index < -0.39 is 11.7 Å². The number of aliphatic imine (C=N–C) groups is 1. The second-order valence-corrected chi connectivity index (χ2v) is 5.86. The van der Waals surface area contributed by atoms with E-state index in [0.717, 1.165) is 23.5 Å². The lowest BCUT2D eigenvalue weighted by Gasteiger charge is -2.22. The summed E-state index contributed by atoms with van der Waals surface area (Å²) in [5.41, 5.74) is 1.66. The maximum Gasteiger partial charge on any atom is 0.416 e. The van der Waals surface area contributed by atoms with Crippen molar-refractivity contribution in [3.8, 4) is 11.3 Å². The largest absolute Gasteiger partial charge is 0.416 e. The number of aromatic nitrogens is 1. The van der Waals surface area contributed by atoms with Gasteiger partial charge in [0.1, 0.15) is 5.82 Å². The van der Waals surface area contributed by atoms with Gasteiger partial charge in [0.25, 0.3) is 0 Å². The quantitative estimate of drug-likeness (QED) is 0.675. The van der Waals surface area contributed by atoms with Crippen LogP contribution in [-0.2, 0) is 6.18 Å². The fraction of sp³-hybridized carbons (Fsp3) is 0.143. The highest BCUT2D eigenvalue weighted by atomic mass is 19.4. The zero-order valence-electron chi connectivity index (χ0n) is 14.9. The standard InChI is InChI=1S/C21H18F3N3/c1-3-11-27-14-16(13-26-19(27)4-2)18-9-6-10-25-20(18)15-7-5-8-17(12-15)21(22,23)24/h3-14H,1-2H3. The van der Waals surface area contributed by atoms with E-state index in [1.165, 1.54) is 6.07 Å². The van der Waals surface area contributed by atoms with E-state index in [1.54, 1.807) is 24.5 Å². The van der Waals surface area contributed by atoms with Crippen LogP contribution in [0.25, 0.3) is 16.8 Å². The minimum atomic E-state index is -4.40. The lowest BCUT2D eigenvalue weighted by molar-refractivity contribution is -0.137. The summed E-state index contributed by atoms with van der Waals surface area (Å²) >= 11 is 0. The second-order valence-electron chi connectivity index (χ2n) is 5.86. The first-order valence-corrected chi connectivity index (χ1v) is 8.40. The Labute approximate surface area is 155 Å². The van der Waals surface area contributed by atoms with Gasteiger partial charge in [-0.25, -0.2) is 4.99 Å². The predicted molar refractivity (Wildman–Crippen MR) is 102 cm³/mol. The lowest BCUT2D eigenvalue weighted by atomic mass is 9.98. The summed E-state index contributed by atoms with van der Waals surface area (Å²) in [5, 5.41) is 0. The third kappa shape index (κ3) is 4.00. The summed E-state index contributed by atoms with van der Waals surface area (Å²) in [6.07, 6.45) is 6.38. The Morgan fingerprint density at radius 1 is 1.07 bits per heavy atom. The van der Waals surface area contributed by atoms with Gasteiger partial charge in [-0.3, -0.25) is 4.98 Å². The van der Waals surface area contributed by atoms with E-state index in [2.05, 4.69) is 9.98 Å². The Hall–Kier alpha value is -3.15. The van der Waals surface area contributed by atoms with Gasteiger partial charge >= 0.3 is 6.18 Å². The van der Waals surface area contributed by atoms with Crippen molar-refractivity contribution < 1.29 is 13.2 Å². The van der Waals surface area contributed by atoms with Gasteiger partial charge in [-0.05, 0) is 38.1 Å². The molecule has 2 heterocycles. The molecule has 1 aliphatic rings. The van der Waals surface area contributed by atoms with Crippen LogP contribution in [0.1, 0.15) is 25.0 Å². The summed E-state index contributed by atoms with van der Waals surface area (Å²) in [7, 11) is 0. The van der Waals surface area contributed by atoms with E-state index in [-0.39, 0.29) is 0 Å². The molecule has 0 spiro atoms. The molecule has 0 saturated heterocycles. The van der Waals surface area contributed by atoms with E-state index in [0.29, 0.717) is 16.8 Å². The molecule has 0 saturated carbocycles. The molecule has 3 nitrogen and oxygen atoms in total. The van der Waals surface area contributed by atoms with Crippen LogP contribution in [0.4, 0.5) is 13.2 Å². The number of halogens is 3. The van der Waals surface area contributed by atoms with Gasteiger partial charge < -0.3 is 4.90 Å². The van der Waals surface area contributed by atoms with Crippen LogP contribution >= 0.6 is 0 Å². The molecule has 6 heteroatoms. The molecule has 138 valence electrons. The zero-order chi connectivity index (χ0) is 19.4. The number of rotatable bonds is 3. The molecule has 0 atom stereocenters. The van der Waals surface area contributed by atoms with Crippen LogP contribution in [0, 0.1) is 0 Å². The maximum atomic E-state index is 13.1. The number of benzene rings is 1. The Bertz CT molecular complexity index is 953. The first-order valence-electron chi connectivity index (χ1n) is 8.40. The van der Waals surface area contributed by atoms with E-state index in [9.17, 15) is 13.2 Å². The molecule has 2 aromatic rings. The van der Waals surface area contributed by atoms with E-state index in [1.807, 2.05) is 49.4 Å². The smallest absolute Gasteiger partial charge is 0.309 e. The Kier molecular flexibility index (Phi) is 5.26. The Balaban J connectivity index is 2.09. The second kappa shape index (κ2) is 7.61. The summed E-state index contributed by atoms with van der Waals surface area (Å²) in [4.78, 5) is 10.6. The fourth-order valence-electron chi connectivity index (χ4n) is 2.81. The van der Waals surface area contributed by atoms with Crippen molar-refractivity contribution in [2.45, 2.75) is 20.0 Å². The van der Waals surface area contributed by atoms with Crippen molar-refractivity contribution in [1.29, 1.82) is 0 Å². The lowest BCUT2D eigenvalue weighted by Crippen LogP contribution is -2.13. The molecule has 1 aliphatic heterocycles. The predicted octanol–water partition coefficient (Wildman–Crippen LogP) is 5.89. The number of pyridine rings is 1. The highest BCUT2D eigenvalue weighted by Crippen LogP contribution is 2.34. The topological polar surface area (TPSA) is 28.5 Å². The molecule has 0 radical (unpaired) electrons. The molecule has 3 rings (SSSR count). The molecule has 1 aromatic heterocycles. The average molecular weight is 369 g/mol. The molecule has 0 amide bonds. The summed E-state index contributed by atoms with van der Waals surface area (Å²) in [6.45, 7) is 3.79. The first-order chi connectivity index (χ1) is 12.9. The molecule has 1 aromatic carbocycles. The number of alkyl halides is 3. The molecule has 0 aliphatic carbocycles. The maximum absolute atomic E-state index is 13.1. The van der Waals surface area contributed by atoms with Crippen LogP contribution in [0.15, 0.2) is 78.0 Å². The van der Waals surface area contributed by atoms with Gasteiger partial charge in [0, 0.05) is 41.5 Å². The van der Waals surface area contributed by atoms with Crippen molar-refractivity contribution in [2.24, 2.45) is 4.99 Å². The molecular formula is C21H18F3N3. The summed E-state index contributed by atoms with van der Waals surface area (Å²) in [6, 6.07) is 8.78. The van der Waals surface area contributed by atoms with Crippen LogP contribution < -0.4 is 0 Å². The third-order valence-electron chi connectivity index (χ3n) is 4.03. The van der Waals surface area contributed by atoms with Crippen molar-refractivity contribution >= 4 is 11.8 Å². The van der Waals surface area contributed by atoms with Gasteiger partial charge in [-0.15, -0.1) is 0 Å². The Morgan fingerprint density at radius 2 is 1.89 bits per heavy atom. The van der Waals surface area contributed by atoms with Crippen LogP contribution in [0.3, 0.4) is 0 Å². The van der Waals surface area contributed by atoms with Gasteiger partial charge in [0.2, 0.25) is 0 Å². The molecular weight excluding hydrogens is 351 g/mol. The van der Waals surface area contributed by atoms with Gasteiger partial charge in [0.15, 0.2) is 0 Å². The van der Waals surface area contributed by atoms with Crippen LogP contribution in [0.2, 0.25) is 0 Å². The van der Waals surface area contributed by atoms with Crippen molar-refractivity contribution in [3.05, 3.63) is 84.1 Å². The SMILES string of the molecule is CC=CN1C=C(c2cccnc2-c2cccc(C(F)(F)F)c2)C=NC1=CC. The van der Waals surface area contributed by atoms with E-state index in [4.69, 9.17) is 0 Å². The Morgan fingerprint density at radius 3 is 2.59 bits per heavy atom. The normalized spacial score (nSPS) is 16.3. The third-order valence-corrected chi connectivity index (χ3v) is 4.03. The number of hydrogen-bond donors (Lipinski definition) is 0. The van der Waals surface area contributed by atoms with Gasteiger partial charge in [0.05, 0.1) is 11.3 Å². The minimum Gasteiger partial charge on any atom is -0.309 e. The van der Waals surface area contributed by atoms with E-state index >= 15 is 0 Å². The zero-order valence-corrected chi connectivity index (χ0v) is 14.9. The van der Waals surface area contributed by atoms with Crippen molar-refractivity contribution in [1.82, 2.24) is 9.88 Å². The fourth-order valence-corrected chi connectivity index (χ4v) is 2.81. The highest BCUT2D eigenvalue weighted by molar-refractivity contribution is 6.12. The van der Waals surface area contributed by atoms with Gasteiger partial charge in [-0.2, -0.15) is 13.2 Å². The summed E-state index contributed by atoms with van der Waals surface area (Å²) in [5.74, 6) is 0.765. The van der Waals surface area contributed by atoms with Crippen molar-refractivity contribution in [3.63, 3.8) is 0 Å². The molecule has 0 N–H and O–H groups in total. The highest BCUT2D eigenvalue weighted by Gasteiger charge is 2.30. The molecule has 27 heavy (non-hydrogen) atoms. The number of allylic oxidation sites excluding steroid dienone is 3. The average Bonchev–Trinajstić information content (AvgIpc) is 2.68. The number of nitrogens with zero attached hydrogens (tertiary/aromatic N) is 3. The number of hydrogen-bond acceptors (Lipinski definition) is 3. The van der Waals surface area contributed by atoms with Crippen LogP contribution in [0.5, 0.6) is 0 Å². The molecule has 0 unspecified atom stereocenters. The van der Waals surface area contributed by atoms with Crippen molar-refractivity contribution in [2.75, 3.05) is 0 Å². The molecule has 0 fully saturated rings. The van der Waals surface area contributed by atoms with Crippen LogP contribution in [-0.4, -0.2) is 16.1 Å². The molecule has 0 bridgehead atoms. The van der Waals surface area contributed by atoms with Gasteiger partial charge in [-0.1, -0.05) is 24.3 Å². The minimum absolute atomic E-state index is 0.407. The monoisotopic (exact) mass is 369 g/mol. The summed E-state index contributed by atoms with van der Waals surface area (Å²) < 4.78 is 39.3.